The monoisotopic (exact) mass is 274 g/mol. The SMILES string of the molecule is Cc1ccc2c(c1)nc(CCl)n2Cc1ccnn1C. The van der Waals surface area contributed by atoms with Gasteiger partial charge in [0.2, 0.25) is 0 Å². The van der Waals surface area contributed by atoms with E-state index in [1.165, 1.54) is 5.56 Å². The van der Waals surface area contributed by atoms with Crippen LogP contribution in [0.1, 0.15) is 17.1 Å². The molecule has 0 saturated heterocycles. The highest BCUT2D eigenvalue weighted by Crippen LogP contribution is 2.20. The van der Waals surface area contributed by atoms with Gasteiger partial charge in [-0.3, -0.25) is 4.68 Å². The molecule has 1 aromatic carbocycles. The normalized spacial score (nSPS) is 11.3. The van der Waals surface area contributed by atoms with Crippen molar-refractivity contribution in [2.75, 3.05) is 0 Å². The number of imidazole rings is 1. The fourth-order valence-corrected chi connectivity index (χ4v) is 2.49. The molecule has 0 spiro atoms. The van der Waals surface area contributed by atoms with Crippen molar-refractivity contribution >= 4 is 22.6 Å². The smallest absolute Gasteiger partial charge is 0.125 e. The van der Waals surface area contributed by atoms with Crippen LogP contribution in [0.4, 0.5) is 0 Å². The number of alkyl halides is 1. The summed E-state index contributed by atoms with van der Waals surface area (Å²) < 4.78 is 4.02. The van der Waals surface area contributed by atoms with E-state index >= 15 is 0 Å². The molecule has 0 N–H and O–H groups in total. The van der Waals surface area contributed by atoms with Gasteiger partial charge in [0, 0.05) is 13.2 Å². The molecule has 0 aliphatic heterocycles. The molecule has 3 aromatic rings. The van der Waals surface area contributed by atoms with Gasteiger partial charge in [0.15, 0.2) is 0 Å². The Labute approximate surface area is 116 Å². The second-order valence-electron chi connectivity index (χ2n) is 4.69. The predicted octanol–water partition coefficient (Wildman–Crippen LogP) is 2.87. The molecular weight excluding hydrogens is 260 g/mol. The largest absolute Gasteiger partial charge is 0.321 e. The molecule has 0 atom stereocenters. The van der Waals surface area contributed by atoms with Crippen molar-refractivity contribution in [3.8, 4) is 0 Å². The van der Waals surface area contributed by atoms with Crippen LogP contribution in [0.5, 0.6) is 0 Å². The van der Waals surface area contributed by atoms with Gasteiger partial charge in [0.1, 0.15) is 5.82 Å². The van der Waals surface area contributed by atoms with Crippen molar-refractivity contribution in [2.45, 2.75) is 19.3 Å². The van der Waals surface area contributed by atoms with Crippen molar-refractivity contribution in [1.82, 2.24) is 19.3 Å². The Hall–Kier alpha value is -1.81. The first-order valence-electron chi connectivity index (χ1n) is 6.17. The Morgan fingerprint density at radius 1 is 1.26 bits per heavy atom. The van der Waals surface area contributed by atoms with Crippen LogP contribution in [0.15, 0.2) is 30.5 Å². The van der Waals surface area contributed by atoms with Gasteiger partial charge in [-0.05, 0) is 30.7 Å². The van der Waals surface area contributed by atoms with Gasteiger partial charge in [-0.2, -0.15) is 5.10 Å². The van der Waals surface area contributed by atoms with Gasteiger partial charge in [0.05, 0.1) is 29.2 Å². The molecular formula is C14H15ClN4. The van der Waals surface area contributed by atoms with E-state index in [0.717, 1.165) is 29.1 Å². The van der Waals surface area contributed by atoms with Crippen molar-refractivity contribution in [1.29, 1.82) is 0 Å². The zero-order valence-corrected chi connectivity index (χ0v) is 11.7. The second-order valence-corrected chi connectivity index (χ2v) is 4.95. The fourth-order valence-electron chi connectivity index (χ4n) is 2.29. The van der Waals surface area contributed by atoms with E-state index in [0.29, 0.717) is 5.88 Å². The third kappa shape index (κ3) is 2.12. The molecule has 3 rings (SSSR count). The predicted molar refractivity (Wildman–Crippen MR) is 76.3 cm³/mol. The lowest BCUT2D eigenvalue weighted by atomic mass is 10.2. The van der Waals surface area contributed by atoms with Crippen LogP contribution in [0.3, 0.4) is 0 Å². The van der Waals surface area contributed by atoms with Crippen LogP contribution in [0, 0.1) is 6.92 Å². The summed E-state index contributed by atoms with van der Waals surface area (Å²) in [5.41, 5.74) is 4.45. The van der Waals surface area contributed by atoms with Gasteiger partial charge in [-0.1, -0.05) is 6.07 Å². The number of halogens is 1. The maximum absolute atomic E-state index is 6.02. The minimum Gasteiger partial charge on any atom is -0.321 e. The van der Waals surface area contributed by atoms with Gasteiger partial charge < -0.3 is 4.57 Å². The first-order chi connectivity index (χ1) is 9.19. The summed E-state index contributed by atoms with van der Waals surface area (Å²) >= 11 is 6.02. The minimum absolute atomic E-state index is 0.408. The summed E-state index contributed by atoms with van der Waals surface area (Å²) in [6.07, 6.45) is 1.80. The summed E-state index contributed by atoms with van der Waals surface area (Å²) in [6.45, 7) is 2.80. The first-order valence-corrected chi connectivity index (χ1v) is 6.71. The van der Waals surface area contributed by atoms with E-state index in [4.69, 9.17) is 11.6 Å². The maximum atomic E-state index is 6.02. The Morgan fingerprint density at radius 2 is 2.11 bits per heavy atom. The molecule has 0 saturated carbocycles. The summed E-state index contributed by atoms with van der Waals surface area (Å²) in [4.78, 5) is 4.60. The standard InChI is InChI=1S/C14H15ClN4/c1-10-3-4-13-12(7-10)17-14(8-15)19(13)9-11-5-6-16-18(11)2/h3-7H,8-9H2,1-2H3. The first kappa shape index (κ1) is 12.2. The maximum Gasteiger partial charge on any atom is 0.125 e. The minimum atomic E-state index is 0.408. The van der Waals surface area contributed by atoms with Crippen LogP contribution in [0.2, 0.25) is 0 Å². The van der Waals surface area contributed by atoms with E-state index in [-0.39, 0.29) is 0 Å². The zero-order chi connectivity index (χ0) is 13.4. The number of aryl methyl sites for hydroxylation is 2. The molecule has 0 fully saturated rings. The van der Waals surface area contributed by atoms with E-state index < -0.39 is 0 Å². The average molecular weight is 275 g/mol. The van der Waals surface area contributed by atoms with E-state index in [1.54, 1.807) is 6.20 Å². The lowest BCUT2D eigenvalue weighted by molar-refractivity contribution is 0.663. The third-order valence-electron chi connectivity index (χ3n) is 3.34. The Morgan fingerprint density at radius 3 is 2.79 bits per heavy atom. The summed E-state index contributed by atoms with van der Waals surface area (Å²) in [7, 11) is 1.94. The van der Waals surface area contributed by atoms with Gasteiger partial charge in [-0.25, -0.2) is 4.98 Å². The van der Waals surface area contributed by atoms with Crippen LogP contribution in [0.25, 0.3) is 11.0 Å². The Bertz CT molecular complexity index is 726. The van der Waals surface area contributed by atoms with Crippen LogP contribution >= 0.6 is 11.6 Å². The van der Waals surface area contributed by atoms with Crippen molar-refractivity contribution < 1.29 is 0 Å². The Kier molecular flexibility index (Phi) is 3.03. The van der Waals surface area contributed by atoms with Crippen LogP contribution in [-0.2, 0) is 19.5 Å². The molecule has 5 heteroatoms. The highest BCUT2D eigenvalue weighted by atomic mass is 35.5. The Balaban J connectivity index is 2.13. The highest BCUT2D eigenvalue weighted by molar-refractivity contribution is 6.16. The van der Waals surface area contributed by atoms with E-state index in [2.05, 4.69) is 39.8 Å². The number of aromatic nitrogens is 4. The number of benzene rings is 1. The molecule has 4 nitrogen and oxygen atoms in total. The van der Waals surface area contributed by atoms with E-state index in [9.17, 15) is 0 Å². The molecule has 98 valence electrons. The number of rotatable bonds is 3. The topological polar surface area (TPSA) is 35.6 Å². The number of nitrogens with zero attached hydrogens (tertiary/aromatic N) is 4. The third-order valence-corrected chi connectivity index (χ3v) is 3.58. The molecule has 0 aliphatic carbocycles. The van der Waals surface area contributed by atoms with Crippen LogP contribution in [-0.4, -0.2) is 19.3 Å². The van der Waals surface area contributed by atoms with Crippen molar-refractivity contribution in [2.24, 2.45) is 7.05 Å². The molecule has 0 radical (unpaired) electrons. The molecule has 0 amide bonds. The second kappa shape index (κ2) is 4.70. The fraction of sp³-hybridized carbons (Fsp3) is 0.286. The molecule has 0 unspecified atom stereocenters. The highest BCUT2D eigenvalue weighted by Gasteiger charge is 2.11. The van der Waals surface area contributed by atoms with Gasteiger partial charge >= 0.3 is 0 Å². The summed E-state index contributed by atoms with van der Waals surface area (Å²) in [5, 5.41) is 4.20. The van der Waals surface area contributed by atoms with Crippen molar-refractivity contribution in [3.63, 3.8) is 0 Å². The molecule has 0 bridgehead atoms. The van der Waals surface area contributed by atoms with E-state index in [1.807, 2.05) is 17.8 Å². The molecule has 2 heterocycles. The van der Waals surface area contributed by atoms with Gasteiger partial charge in [0.25, 0.3) is 0 Å². The number of fused-ring (bicyclic) bond motifs is 1. The quantitative estimate of drug-likeness (QED) is 0.689. The van der Waals surface area contributed by atoms with Gasteiger partial charge in [-0.15, -0.1) is 11.6 Å². The molecule has 0 aliphatic rings. The van der Waals surface area contributed by atoms with Crippen LogP contribution < -0.4 is 0 Å². The average Bonchev–Trinajstić information content (AvgIpc) is 2.94. The lowest BCUT2D eigenvalue weighted by Crippen LogP contribution is -2.08. The molecule has 19 heavy (non-hydrogen) atoms. The number of hydrogen-bond donors (Lipinski definition) is 0. The summed E-state index contributed by atoms with van der Waals surface area (Å²) in [6, 6.07) is 8.30. The summed E-state index contributed by atoms with van der Waals surface area (Å²) in [5.74, 6) is 1.30. The molecule has 2 aromatic heterocycles. The number of hydrogen-bond acceptors (Lipinski definition) is 2. The lowest BCUT2D eigenvalue weighted by Gasteiger charge is -2.08. The zero-order valence-electron chi connectivity index (χ0n) is 11.0. The van der Waals surface area contributed by atoms with Crippen molar-refractivity contribution in [3.05, 3.63) is 47.5 Å².